The number of ketones is 1. The zero-order chi connectivity index (χ0) is 15.8. The molecule has 0 saturated carbocycles. The largest absolute Gasteiger partial charge is 0.474 e. The first-order valence-electron chi connectivity index (χ1n) is 7.74. The Bertz CT molecular complexity index is 472. The topological polar surface area (TPSA) is 39.2 Å². The van der Waals surface area contributed by atoms with Crippen LogP contribution in [0.1, 0.15) is 51.3 Å². The molecule has 0 aliphatic heterocycles. The van der Waals surface area contributed by atoms with Crippen molar-refractivity contribution in [3.63, 3.8) is 0 Å². The van der Waals surface area contributed by atoms with E-state index < -0.39 is 0 Å². The number of ether oxygens (including phenoxy) is 1. The van der Waals surface area contributed by atoms with Crippen molar-refractivity contribution in [3.8, 4) is 5.88 Å². The fraction of sp³-hybridized carbons (Fsp3) is 0.556. The standard InChI is InChI=1S/C18H27NO2/c1-6-8-16(9-7-10-17(20)13(2)3)21-18-12-14(4)11-15(5)19-18/h7,10-13,16H,6,8-9H2,1-5H3/b10-7+/t16-/m1/s1. The summed E-state index contributed by atoms with van der Waals surface area (Å²) in [6.45, 7) is 9.96. The number of hydrogen-bond donors (Lipinski definition) is 0. The van der Waals surface area contributed by atoms with Gasteiger partial charge in [0.25, 0.3) is 0 Å². The quantitative estimate of drug-likeness (QED) is 0.665. The van der Waals surface area contributed by atoms with E-state index in [-0.39, 0.29) is 17.8 Å². The van der Waals surface area contributed by atoms with Crippen LogP contribution < -0.4 is 4.74 Å². The number of hydrogen-bond acceptors (Lipinski definition) is 3. The van der Waals surface area contributed by atoms with Gasteiger partial charge in [-0.05, 0) is 38.0 Å². The highest BCUT2D eigenvalue weighted by atomic mass is 16.5. The van der Waals surface area contributed by atoms with Crippen LogP contribution in [0.2, 0.25) is 0 Å². The Morgan fingerprint density at radius 2 is 2.05 bits per heavy atom. The fourth-order valence-corrected chi connectivity index (χ4v) is 2.11. The van der Waals surface area contributed by atoms with Crippen LogP contribution in [0, 0.1) is 19.8 Å². The summed E-state index contributed by atoms with van der Waals surface area (Å²) in [6.07, 6.45) is 6.40. The number of nitrogens with zero attached hydrogens (tertiary/aromatic N) is 1. The van der Waals surface area contributed by atoms with Crippen molar-refractivity contribution >= 4 is 5.78 Å². The SMILES string of the molecule is CCC[C@H](C/C=C/C(=O)C(C)C)Oc1cc(C)cc(C)n1. The summed E-state index contributed by atoms with van der Waals surface area (Å²) in [4.78, 5) is 16.0. The van der Waals surface area contributed by atoms with Crippen molar-refractivity contribution in [2.45, 2.75) is 60.0 Å². The van der Waals surface area contributed by atoms with E-state index in [1.54, 1.807) is 6.08 Å². The first-order valence-corrected chi connectivity index (χ1v) is 7.74. The molecule has 0 aromatic carbocycles. The molecule has 1 aromatic heterocycles. The van der Waals surface area contributed by atoms with Gasteiger partial charge in [-0.1, -0.05) is 33.3 Å². The summed E-state index contributed by atoms with van der Waals surface area (Å²) >= 11 is 0. The highest BCUT2D eigenvalue weighted by molar-refractivity contribution is 5.91. The van der Waals surface area contributed by atoms with E-state index in [9.17, 15) is 4.79 Å². The van der Waals surface area contributed by atoms with Crippen LogP contribution in [-0.2, 0) is 4.79 Å². The molecule has 0 aliphatic carbocycles. The molecule has 1 aromatic rings. The molecule has 1 rings (SSSR count). The Morgan fingerprint density at radius 1 is 1.33 bits per heavy atom. The van der Waals surface area contributed by atoms with Crippen molar-refractivity contribution < 1.29 is 9.53 Å². The molecular formula is C18H27NO2. The van der Waals surface area contributed by atoms with Gasteiger partial charge in [0.15, 0.2) is 5.78 Å². The number of carbonyl (C=O) groups excluding carboxylic acids is 1. The maximum absolute atomic E-state index is 11.6. The first-order chi connectivity index (χ1) is 9.92. The number of pyridine rings is 1. The van der Waals surface area contributed by atoms with Crippen LogP contribution >= 0.6 is 0 Å². The van der Waals surface area contributed by atoms with Crippen LogP contribution in [0.25, 0.3) is 0 Å². The third kappa shape index (κ3) is 6.56. The minimum Gasteiger partial charge on any atom is -0.474 e. The first kappa shape index (κ1) is 17.4. The molecule has 3 heteroatoms. The van der Waals surface area contributed by atoms with Crippen LogP contribution in [0.5, 0.6) is 5.88 Å². The normalized spacial score (nSPS) is 12.9. The van der Waals surface area contributed by atoms with E-state index in [1.165, 1.54) is 0 Å². The van der Waals surface area contributed by atoms with E-state index in [0.717, 1.165) is 30.5 Å². The predicted octanol–water partition coefficient (Wildman–Crippen LogP) is 4.42. The maximum Gasteiger partial charge on any atom is 0.213 e. The summed E-state index contributed by atoms with van der Waals surface area (Å²) in [5.41, 5.74) is 2.11. The second-order valence-corrected chi connectivity index (χ2v) is 5.85. The van der Waals surface area contributed by atoms with E-state index in [1.807, 2.05) is 45.9 Å². The zero-order valence-corrected chi connectivity index (χ0v) is 13.8. The lowest BCUT2D eigenvalue weighted by molar-refractivity contribution is -0.117. The monoisotopic (exact) mass is 289 g/mol. The van der Waals surface area contributed by atoms with E-state index in [4.69, 9.17) is 4.74 Å². The molecular weight excluding hydrogens is 262 g/mol. The lowest BCUT2D eigenvalue weighted by Crippen LogP contribution is -2.16. The second kappa shape index (κ2) is 8.60. The molecule has 0 amide bonds. The molecule has 1 heterocycles. The van der Waals surface area contributed by atoms with Crippen molar-refractivity contribution in [1.82, 2.24) is 4.98 Å². The lowest BCUT2D eigenvalue weighted by atomic mass is 10.1. The summed E-state index contributed by atoms with van der Waals surface area (Å²) < 4.78 is 5.99. The highest BCUT2D eigenvalue weighted by Gasteiger charge is 2.10. The number of rotatable bonds is 8. The van der Waals surface area contributed by atoms with Crippen LogP contribution in [0.3, 0.4) is 0 Å². The van der Waals surface area contributed by atoms with Gasteiger partial charge in [-0.2, -0.15) is 0 Å². The number of allylic oxidation sites excluding steroid dienone is 1. The van der Waals surface area contributed by atoms with Gasteiger partial charge in [-0.3, -0.25) is 4.79 Å². The third-order valence-electron chi connectivity index (χ3n) is 3.22. The summed E-state index contributed by atoms with van der Waals surface area (Å²) in [6, 6.07) is 3.99. The summed E-state index contributed by atoms with van der Waals surface area (Å²) in [7, 11) is 0. The maximum atomic E-state index is 11.6. The van der Waals surface area contributed by atoms with Crippen molar-refractivity contribution in [2.24, 2.45) is 5.92 Å². The zero-order valence-electron chi connectivity index (χ0n) is 13.8. The Morgan fingerprint density at radius 3 is 2.62 bits per heavy atom. The minimum absolute atomic E-state index is 0.0490. The Kier molecular flexibility index (Phi) is 7.13. The van der Waals surface area contributed by atoms with Gasteiger partial charge in [0, 0.05) is 24.1 Å². The van der Waals surface area contributed by atoms with Crippen molar-refractivity contribution in [2.75, 3.05) is 0 Å². The van der Waals surface area contributed by atoms with Gasteiger partial charge in [-0.25, -0.2) is 4.98 Å². The van der Waals surface area contributed by atoms with Gasteiger partial charge >= 0.3 is 0 Å². The van der Waals surface area contributed by atoms with Crippen LogP contribution in [0.4, 0.5) is 0 Å². The summed E-state index contributed by atoms with van der Waals surface area (Å²) in [5.74, 6) is 0.886. The molecule has 0 fully saturated rings. The molecule has 21 heavy (non-hydrogen) atoms. The molecule has 1 atom stereocenters. The Balaban J connectivity index is 2.66. The van der Waals surface area contributed by atoms with E-state index in [2.05, 4.69) is 11.9 Å². The number of aryl methyl sites for hydroxylation is 2. The smallest absolute Gasteiger partial charge is 0.213 e. The highest BCUT2D eigenvalue weighted by Crippen LogP contribution is 2.17. The average Bonchev–Trinajstić information content (AvgIpc) is 2.37. The van der Waals surface area contributed by atoms with Gasteiger partial charge in [0.1, 0.15) is 6.10 Å². The Hall–Kier alpha value is -1.64. The molecule has 0 unspecified atom stereocenters. The number of carbonyl (C=O) groups is 1. The molecule has 0 radical (unpaired) electrons. The minimum atomic E-state index is 0.0490. The van der Waals surface area contributed by atoms with E-state index in [0.29, 0.717) is 5.88 Å². The molecule has 0 N–H and O–H groups in total. The lowest BCUT2D eigenvalue weighted by Gasteiger charge is -2.17. The molecule has 116 valence electrons. The molecule has 0 bridgehead atoms. The predicted molar refractivity (Wildman–Crippen MR) is 86.6 cm³/mol. The van der Waals surface area contributed by atoms with Gasteiger partial charge in [-0.15, -0.1) is 0 Å². The average molecular weight is 289 g/mol. The fourth-order valence-electron chi connectivity index (χ4n) is 2.11. The molecule has 0 saturated heterocycles. The second-order valence-electron chi connectivity index (χ2n) is 5.85. The summed E-state index contributed by atoms with van der Waals surface area (Å²) in [5, 5.41) is 0. The molecule has 0 spiro atoms. The van der Waals surface area contributed by atoms with Crippen molar-refractivity contribution in [3.05, 3.63) is 35.5 Å². The van der Waals surface area contributed by atoms with Gasteiger partial charge < -0.3 is 4.74 Å². The van der Waals surface area contributed by atoms with Crippen molar-refractivity contribution in [1.29, 1.82) is 0 Å². The molecule has 0 aliphatic rings. The van der Waals surface area contributed by atoms with Crippen LogP contribution in [0.15, 0.2) is 24.3 Å². The third-order valence-corrected chi connectivity index (χ3v) is 3.22. The van der Waals surface area contributed by atoms with Gasteiger partial charge in [0.2, 0.25) is 5.88 Å². The Labute approximate surface area is 128 Å². The van der Waals surface area contributed by atoms with Crippen LogP contribution in [-0.4, -0.2) is 16.9 Å². The van der Waals surface area contributed by atoms with E-state index >= 15 is 0 Å². The van der Waals surface area contributed by atoms with Gasteiger partial charge in [0.05, 0.1) is 0 Å². The molecule has 3 nitrogen and oxygen atoms in total. The number of aromatic nitrogens is 1.